The van der Waals surface area contributed by atoms with Crippen LogP contribution in [0, 0.1) is 19.8 Å². The molecule has 1 aliphatic heterocycles. The van der Waals surface area contributed by atoms with Crippen LogP contribution in [0.4, 0.5) is 11.6 Å². The fourth-order valence-electron chi connectivity index (χ4n) is 4.36. The summed E-state index contributed by atoms with van der Waals surface area (Å²) in [5, 5.41) is 10.4. The zero-order valence-corrected chi connectivity index (χ0v) is 16.2. The SMILES string of the molecule is Cc1nc(Nc2cc(C)[nH]n2)cc([C@@H]2CCCN2C(=O)C2CCCCC2)n1. The summed E-state index contributed by atoms with van der Waals surface area (Å²) in [7, 11) is 0. The number of aromatic amines is 1. The summed E-state index contributed by atoms with van der Waals surface area (Å²) in [6.07, 6.45) is 7.70. The molecule has 27 heavy (non-hydrogen) atoms. The first-order valence-corrected chi connectivity index (χ1v) is 10.1. The van der Waals surface area contributed by atoms with E-state index in [4.69, 9.17) is 0 Å². The lowest BCUT2D eigenvalue weighted by Crippen LogP contribution is -2.37. The van der Waals surface area contributed by atoms with Gasteiger partial charge >= 0.3 is 0 Å². The molecule has 7 nitrogen and oxygen atoms in total. The van der Waals surface area contributed by atoms with Gasteiger partial charge in [-0.25, -0.2) is 9.97 Å². The van der Waals surface area contributed by atoms with Crippen molar-refractivity contribution >= 4 is 17.5 Å². The zero-order chi connectivity index (χ0) is 18.8. The first kappa shape index (κ1) is 17.9. The van der Waals surface area contributed by atoms with E-state index in [2.05, 4.69) is 30.4 Å². The van der Waals surface area contributed by atoms with Crippen LogP contribution in [0.15, 0.2) is 12.1 Å². The predicted molar refractivity (Wildman–Crippen MR) is 104 cm³/mol. The topological polar surface area (TPSA) is 86.8 Å². The van der Waals surface area contributed by atoms with Crippen molar-refractivity contribution in [3.63, 3.8) is 0 Å². The highest BCUT2D eigenvalue weighted by molar-refractivity contribution is 5.79. The molecule has 0 aromatic carbocycles. The summed E-state index contributed by atoms with van der Waals surface area (Å²) in [5.74, 6) is 2.69. The Morgan fingerprint density at radius 3 is 2.63 bits per heavy atom. The van der Waals surface area contributed by atoms with E-state index in [9.17, 15) is 4.79 Å². The minimum Gasteiger partial charge on any atom is -0.334 e. The van der Waals surface area contributed by atoms with Crippen molar-refractivity contribution in [1.29, 1.82) is 0 Å². The molecule has 1 aliphatic carbocycles. The Labute approximate surface area is 160 Å². The van der Waals surface area contributed by atoms with Crippen LogP contribution < -0.4 is 5.32 Å². The summed E-state index contributed by atoms with van der Waals surface area (Å²) in [5.41, 5.74) is 1.92. The Balaban J connectivity index is 1.55. The second kappa shape index (κ2) is 7.66. The molecule has 2 aromatic heterocycles. The first-order chi connectivity index (χ1) is 13.1. The normalized spacial score (nSPS) is 20.8. The predicted octanol–water partition coefficient (Wildman–Crippen LogP) is 3.80. The minimum atomic E-state index is 0.0580. The van der Waals surface area contributed by atoms with Gasteiger partial charge in [0.25, 0.3) is 0 Å². The molecule has 1 amide bonds. The summed E-state index contributed by atoms with van der Waals surface area (Å²) >= 11 is 0. The van der Waals surface area contributed by atoms with E-state index in [0.717, 1.165) is 55.3 Å². The van der Waals surface area contributed by atoms with Gasteiger partial charge in [0.1, 0.15) is 11.6 Å². The molecule has 0 unspecified atom stereocenters. The molecule has 3 heterocycles. The van der Waals surface area contributed by atoms with E-state index in [-0.39, 0.29) is 12.0 Å². The van der Waals surface area contributed by atoms with Gasteiger partial charge < -0.3 is 10.2 Å². The monoisotopic (exact) mass is 368 g/mol. The number of likely N-dealkylation sites (tertiary alicyclic amines) is 1. The lowest BCUT2D eigenvalue weighted by Gasteiger charge is -2.30. The van der Waals surface area contributed by atoms with E-state index in [1.807, 2.05) is 26.0 Å². The lowest BCUT2D eigenvalue weighted by atomic mass is 9.88. The molecule has 0 spiro atoms. The van der Waals surface area contributed by atoms with Crippen LogP contribution in [-0.4, -0.2) is 37.5 Å². The van der Waals surface area contributed by atoms with Gasteiger partial charge in [-0.15, -0.1) is 0 Å². The van der Waals surface area contributed by atoms with E-state index in [0.29, 0.717) is 11.7 Å². The van der Waals surface area contributed by atoms with Gasteiger partial charge in [0.15, 0.2) is 5.82 Å². The largest absolute Gasteiger partial charge is 0.334 e. The van der Waals surface area contributed by atoms with Gasteiger partial charge in [-0.05, 0) is 39.5 Å². The van der Waals surface area contributed by atoms with Crippen LogP contribution in [0.2, 0.25) is 0 Å². The van der Waals surface area contributed by atoms with Crippen LogP contribution in [0.3, 0.4) is 0 Å². The number of aromatic nitrogens is 4. The van der Waals surface area contributed by atoms with Gasteiger partial charge in [-0.2, -0.15) is 5.10 Å². The molecule has 144 valence electrons. The number of nitrogens with one attached hydrogen (secondary N) is 2. The molecule has 0 bridgehead atoms. The molecule has 2 aliphatic rings. The fraction of sp³-hybridized carbons (Fsp3) is 0.600. The Hall–Kier alpha value is -2.44. The number of amides is 1. The number of rotatable bonds is 4. The van der Waals surface area contributed by atoms with Crippen LogP contribution in [0.5, 0.6) is 0 Å². The summed E-state index contributed by atoms with van der Waals surface area (Å²) in [6.45, 7) is 4.69. The molecule has 7 heteroatoms. The smallest absolute Gasteiger partial charge is 0.226 e. The Morgan fingerprint density at radius 2 is 1.89 bits per heavy atom. The van der Waals surface area contributed by atoms with Crippen molar-refractivity contribution in [1.82, 2.24) is 25.1 Å². The Bertz CT molecular complexity index is 811. The summed E-state index contributed by atoms with van der Waals surface area (Å²) in [6, 6.07) is 3.96. The average molecular weight is 368 g/mol. The molecule has 2 fully saturated rings. The molecule has 2 N–H and O–H groups in total. The molecule has 1 saturated carbocycles. The van der Waals surface area contributed by atoms with Crippen LogP contribution in [0.1, 0.15) is 68.2 Å². The maximum atomic E-state index is 13.1. The van der Waals surface area contributed by atoms with Crippen LogP contribution >= 0.6 is 0 Å². The molecule has 2 aromatic rings. The van der Waals surface area contributed by atoms with E-state index in [1.54, 1.807) is 0 Å². The maximum Gasteiger partial charge on any atom is 0.226 e. The van der Waals surface area contributed by atoms with Crippen molar-refractivity contribution in [2.75, 3.05) is 11.9 Å². The second-order valence-corrected chi connectivity index (χ2v) is 7.81. The Morgan fingerprint density at radius 1 is 1.07 bits per heavy atom. The highest BCUT2D eigenvalue weighted by atomic mass is 16.2. The lowest BCUT2D eigenvalue weighted by molar-refractivity contribution is -0.137. The number of hydrogen-bond donors (Lipinski definition) is 2. The minimum absolute atomic E-state index is 0.0580. The van der Waals surface area contributed by atoms with E-state index < -0.39 is 0 Å². The third-order valence-electron chi connectivity index (χ3n) is 5.65. The molecule has 1 saturated heterocycles. The number of carbonyl (C=O) groups excluding carboxylic acids is 1. The summed E-state index contributed by atoms with van der Waals surface area (Å²) < 4.78 is 0. The Kier molecular flexibility index (Phi) is 5.09. The average Bonchev–Trinajstić information content (AvgIpc) is 3.30. The molecule has 0 radical (unpaired) electrons. The second-order valence-electron chi connectivity index (χ2n) is 7.81. The standard InChI is InChI=1S/C20H28N6O/c1-13-11-19(25-24-13)23-18-12-16(21-14(2)22-18)17-9-6-10-26(17)20(27)15-7-4-3-5-8-15/h11-12,15,17H,3-10H2,1-2H3,(H2,21,22,23,24,25)/t17-/m0/s1. The van der Waals surface area contributed by atoms with Crippen molar-refractivity contribution in [3.05, 3.63) is 29.3 Å². The number of aryl methyl sites for hydroxylation is 2. The summed E-state index contributed by atoms with van der Waals surface area (Å²) in [4.78, 5) is 24.3. The first-order valence-electron chi connectivity index (χ1n) is 10.1. The van der Waals surface area contributed by atoms with Crippen LogP contribution in [0.25, 0.3) is 0 Å². The maximum absolute atomic E-state index is 13.1. The van der Waals surface area contributed by atoms with Crippen molar-refractivity contribution < 1.29 is 4.79 Å². The van der Waals surface area contributed by atoms with Gasteiger partial charge in [0.05, 0.1) is 11.7 Å². The zero-order valence-electron chi connectivity index (χ0n) is 16.2. The van der Waals surface area contributed by atoms with Crippen molar-refractivity contribution in [2.24, 2.45) is 5.92 Å². The van der Waals surface area contributed by atoms with Gasteiger partial charge in [0.2, 0.25) is 5.91 Å². The molecule has 4 rings (SSSR count). The number of nitrogens with zero attached hydrogens (tertiary/aromatic N) is 4. The number of H-pyrrole nitrogens is 1. The van der Waals surface area contributed by atoms with Gasteiger partial charge in [0, 0.05) is 30.3 Å². The van der Waals surface area contributed by atoms with Crippen molar-refractivity contribution in [3.8, 4) is 0 Å². The quantitative estimate of drug-likeness (QED) is 0.857. The molecular weight excluding hydrogens is 340 g/mol. The van der Waals surface area contributed by atoms with Crippen LogP contribution in [-0.2, 0) is 4.79 Å². The highest BCUT2D eigenvalue weighted by Crippen LogP contribution is 2.35. The van der Waals surface area contributed by atoms with Gasteiger partial charge in [-0.3, -0.25) is 9.89 Å². The molecule has 1 atom stereocenters. The number of hydrogen-bond acceptors (Lipinski definition) is 5. The molecular formula is C20H28N6O. The van der Waals surface area contributed by atoms with E-state index >= 15 is 0 Å². The highest BCUT2D eigenvalue weighted by Gasteiger charge is 2.35. The van der Waals surface area contributed by atoms with Gasteiger partial charge in [-0.1, -0.05) is 19.3 Å². The van der Waals surface area contributed by atoms with Crippen molar-refractivity contribution in [2.45, 2.75) is 64.8 Å². The third-order valence-corrected chi connectivity index (χ3v) is 5.65. The number of anilines is 2. The third kappa shape index (κ3) is 3.96. The fourth-order valence-corrected chi connectivity index (χ4v) is 4.36. The number of carbonyl (C=O) groups is 1. The van der Waals surface area contributed by atoms with E-state index in [1.165, 1.54) is 19.3 Å².